The summed E-state index contributed by atoms with van der Waals surface area (Å²) >= 11 is 0. The molecule has 0 amide bonds. The van der Waals surface area contributed by atoms with Crippen LogP contribution in [0.2, 0.25) is 0 Å². The Morgan fingerprint density at radius 2 is 1.16 bits per heavy atom. The number of carbonyl (C=O) groups excluding carboxylic acids is 1. The third kappa shape index (κ3) is 18.9. The molecule has 2 nitrogen and oxygen atoms in total. The molecule has 0 unspecified atom stereocenters. The molecule has 0 radical (unpaired) electrons. The lowest BCUT2D eigenvalue weighted by Gasteiger charge is -2.05. The van der Waals surface area contributed by atoms with E-state index < -0.39 is 0 Å². The van der Waals surface area contributed by atoms with Gasteiger partial charge < -0.3 is 4.74 Å². The Hall–Kier alpha value is -1.57. The first kappa shape index (κ1) is 27.5. The summed E-state index contributed by atoms with van der Waals surface area (Å²) in [6.45, 7) is 2.68. The van der Waals surface area contributed by atoms with Gasteiger partial charge in [0.15, 0.2) is 0 Å². The van der Waals surface area contributed by atoms with E-state index in [9.17, 15) is 4.79 Å². The molecule has 0 heterocycles. The van der Waals surface area contributed by atoms with E-state index in [2.05, 4.69) is 19.1 Å². The van der Waals surface area contributed by atoms with Crippen LogP contribution in [-0.2, 0) is 16.1 Å². The third-order valence-electron chi connectivity index (χ3n) is 5.89. The van der Waals surface area contributed by atoms with Crippen LogP contribution in [0.25, 0.3) is 0 Å². The van der Waals surface area contributed by atoms with Gasteiger partial charge >= 0.3 is 5.97 Å². The summed E-state index contributed by atoms with van der Waals surface area (Å²) in [4.78, 5) is 11.8. The number of hydrogen-bond acceptors (Lipinski definition) is 2. The van der Waals surface area contributed by atoms with Crippen LogP contribution in [0.3, 0.4) is 0 Å². The molecule has 1 aromatic carbocycles. The van der Waals surface area contributed by atoms with Gasteiger partial charge in [0.05, 0.1) is 0 Å². The van der Waals surface area contributed by atoms with Crippen molar-refractivity contribution < 1.29 is 9.53 Å². The van der Waals surface area contributed by atoms with Gasteiger partial charge in [-0.3, -0.25) is 4.79 Å². The Morgan fingerprint density at radius 1 is 0.677 bits per heavy atom. The summed E-state index contributed by atoms with van der Waals surface area (Å²) in [7, 11) is 0. The fourth-order valence-electron chi connectivity index (χ4n) is 3.86. The molecule has 0 aromatic heterocycles. The van der Waals surface area contributed by atoms with E-state index in [4.69, 9.17) is 4.74 Å². The van der Waals surface area contributed by atoms with Crippen molar-refractivity contribution in [3.05, 3.63) is 48.0 Å². The molecule has 1 aromatic rings. The van der Waals surface area contributed by atoms with Crippen molar-refractivity contribution in [1.29, 1.82) is 0 Å². The van der Waals surface area contributed by atoms with E-state index >= 15 is 0 Å². The molecular formula is C29H48O2. The lowest BCUT2D eigenvalue weighted by atomic mass is 10.1. The van der Waals surface area contributed by atoms with Gasteiger partial charge in [-0.25, -0.2) is 0 Å². The van der Waals surface area contributed by atoms with Crippen molar-refractivity contribution in [2.45, 2.75) is 129 Å². The molecule has 0 atom stereocenters. The van der Waals surface area contributed by atoms with Crippen molar-refractivity contribution >= 4 is 5.97 Å². The molecule has 0 bridgehead atoms. The predicted octanol–water partition coefficient (Wildman–Crippen LogP) is 9.33. The van der Waals surface area contributed by atoms with Crippen LogP contribution in [-0.4, -0.2) is 5.97 Å². The van der Waals surface area contributed by atoms with E-state index in [1.165, 1.54) is 96.3 Å². The van der Waals surface area contributed by atoms with Crippen molar-refractivity contribution in [3.63, 3.8) is 0 Å². The average molecular weight is 429 g/mol. The summed E-state index contributed by atoms with van der Waals surface area (Å²) in [5.74, 6) is -0.0649. The van der Waals surface area contributed by atoms with Crippen molar-refractivity contribution in [2.24, 2.45) is 0 Å². The largest absolute Gasteiger partial charge is 0.461 e. The third-order valence-corrected chi connectivity index (χ3v) is 5.89. The van der Waals surface area contributed by atoms with Gasteiger partial charge in [0.25, 0.3) is 0 Å². The van der Waals surface area contributed by atoms with Gasteiger partial charge in [-0.2, -0.15) is 0 Å². The minimum atomic E-state index is -0.0649. The van der Waals surface area contributed by atoms with Crippen LogP contribution in [0.4, 0.5) is 0 Å². The number of rotatable bonds is 21. The molecule has 0 aliphatic heterocycles. The molecule has 0 aliphatic rings. The number of esters is 1. The Kier molecular flexibility index (Phi) is 19.2. The zero-order chi connectivity index (χ0) is 22.2. The number of unbranched alkanes of at least 4 members (excludes halogenated alkanes) is 15. The molecule has 31 heavy (non-hydrogen) atoms. The standard InChI is InChI=1S/C29H48O2/c1-2-3-4-5-6-7-8-9-10-11-12-13-14-15-16-17-18-19-23-26-29(30)31-27-28-24-21-20-22-25-28/h9-10,20-22,24-25H,2-8,11-19,23,26-27H2,1H3/b10-9-. The fourth-order valence-corrected chi connectivity index (χ4v) is 3.86. The molecular weight excluding hydrogens is 380 g/mol. The highest BCUT2D eigenvalue weighted by Gasteiger charge is 2.03. The Bertz CT molecular complexity index is 535. The first-order valence-corrected chi connectivity index (χ1v) is 13.2. The summed E-state index contributed by atoms with van der Waals surface area (Å²) < 4.78 is 5.32. The molecule has 0 spiro atoms. The van der Waals surface area contributed by atoms with Gasteiger partial charge in [-0.15, -0.1) is 0 Å². The maximum atomic E-state index is 11.8. The van der Waals surface area contributed by atoms with E-state index in [-0.39, 0.29) is 5.97 Å². The number of ether oxygens (including phenoxy) is 1. The SMILES string of the molecule is CCCCCCCC/C=C\CCCCCCCCCCCC(=O)OCc1ccccc1. The minimum Gasteiger partial charge on any atom is -0.461 e. The van der Waals surface area contributed by atoms with Crippen LogP contribution in [0.5, 0.6) is 0 Å². The summed E-state index contributed by atoms with van der Waals surface area (Å²) in [6, 6.07) is 9.89. The van der Waals surface area contributed by atoms with E-state index in [1.54, 1.807) is 0 Å². The quantitative estimate of drug-likeness (QED) is 0.111. The molecule has 0 aliphatic carbocycles. The smallest absolute Gasteiger partial charge is 0.306 e. The number of hydrogen-bond donors (Lipinski definition) is 0. The van der Waals surface area contributed by atoms with Crippen LogP contribution < -0.4 is 0 Å². The lowest BCUT2D eigenvalue weighted by molar-refractivity contribution is -0.145. The maximum absolute atomic E-state index is 11.8. The van der Waals surface area contributed by atoms with Crippen molar-refractivity contribution in [2.75, 3.05) is 0 Å². The van der Waals surface area contributed by atoms with Gasteiger partial charge in [0, 0.05) is 6.42 Å². The molecule has 0 fully saturated rings. The monoisotopic (exact) mass is 428 g/mol. The van der Waals surface area contributed by atoms with Gasteiger partial charge in [-0.05, 0) is 37.7 Å². The highest BCUT2D eigenvalue weighted by Crippen LogP contribution is 2.13. The number of allylic oxidation sites excluding steroid dienone is 2. The van der Waals surface area contributed by atoms with Crippen LogP contribution in [0, 0.1) is 0 Å². The molecule has 176 valence electrons. The van der Waals surface area contributed by atoms with E-state index in [0.29, 0.717) is 13.0 Å². The van der Waals surface area contributed by atoms with Gasteiger partial charge in [0.2, 0.25) is 0 Å². The lowest BCUT2D eigenvalue weighted by Crippen LogP contribution is -2.04. The summed E-state index contributed by atoms with van der Waals surface area (Å²) in [6.07, 6.45) is 27.7. The Balaban J connectivity index is 1.75. The normalized spacial score (nSPS) is 11.3. The second-order valence-corrected chi connectivity index (χ2v) is 8.89. The predicted molar refractivity (Wildman–Crippen MR) is 134 cm³/mol. The van der Waals surface area contributed by atoms with Crippen LogP contribution >= 0.6 is 0 Å². The van der Waals surface area contributed by atoms with E-state index in [1.807, 2.05) is 30.3 Å². The summed E-state index contributed by atoms with van der Waals surface area (Å²) in [5, 5.41) is 0. The minimum absolute atomic E-state index is 0.0649. The Labute approximate surface area is 192 Å². The zero-order valence-electron chi connectivity index (χ0n) is 20.3. The molecule has 0 saturated carbocycles. The molecule has 1 rings (SSSR count). The van der Waals surface area contributed by atoms with Crippen molar-refractivity contribution in [1.82, 2.24) is 0 Å². The number of benzene rings is 1. The van der Waals surface area contributed by atoms with E-state index in [0.717, 1.165) is 18.4 Å². The zero-order valence-corrected chi connectivity index (χ0v) is 20.3. The second kappa shape index (κ2) is 21.7. The Morgan fingerprint density at radius 3 is 1.71 bits per heavy atom. The van der Waals surface area contributed by atoms with Crippen molar-refractivity contribution in [3.8, 4) is 0 Å². The summed E-state index contributed by atoms with van der Waals surface area (Å²) in [5.41, 5.74) is 1.06. The fraction of sp³-hybridized carbons (Fsp3) is 0.690. The maximum Gasteiger partial charge on any atom is 0.306 e. The average Bonchev–Trinajstić information content (AvgIpc) is 2.80. The molecule has 0 saturated heterocycles. The highest BCUT2D eigenvalue weighted by atomic mass is 16.5. The number of carbonyl (C=O) groups is 1. The second-order valence-electron chi connectivity index (χ2n) is 8.89. The van der Waals surface area contributed by atoms with Crippen LogP contribution in [0.15, 0.2) is 42.5 Å². The topological polar surface area (TPSA) is 26.3 Å². The first-order valence-electron chi connectivity index (χ1n) is 13.2. The molecule has 0 N–H and O–H groups in total. The molecule has 2 heteroatoms. The van der Waals surface area contributed by atoms with Crippen LogP contribution in [0.1, 0.15) is 128 Å². The first-order chi connectivity index (χ1) is 15.3. The highest BCUT2D eigenvalue weighted by molar-refractivity contribution is 5.69. The van der Waals surface area contributed by atoms with Gasteiger partial charge in [0.1, 0.15) is 6.61 Å². The van der Waals surface area contributed by atoms with Gasteiger partial charge in [-0.1, -0.05) is 126 Å².